The number of hydrogen-bond donors (Lipinski definition) is 0. The zero-order valence-electron chi connectivity index (χ0n) is 6.19. The molecular formula is C8H3BrF3N. The predicted molar refractivity (Wildman–Crippen MR) is 45.4 cm³/mol. The number of halogens is 4. The van der Waals surface area contributed by atoms with Crippen LogP contribution in [0.1, 0.15) is 5.56 Å². The molecule has 0 radical (unpaired) electrons. The first-order valence-electron chi connectivity index (χ1n) is 3.19. The second-order valence-electron chi connectivity index (χ2n) is 2.27. The highest BCUT2D eigenvalue weighted by Gasteiger charge is 2.33. The summed E-state index contributed by atoms with van der Waals surface area (Å²) in [5.41, 5.74) is -1.28. The van der Waals surface area contributed by atoms with Crippen LogP contribution in [0.25, 0.3) is 4.85 Å². The largest absolute Gasteiger partial charge is 0.407 e. The van der Waals surface area contributed by atoms with Crippen LogP contribution in [0.15, 0.2) is 22.7 Å². The SMILES string of the molecule is [C-]#[N+]c1cc(Br)ccc1C(F)(F)F. The predicted octanol–water partition coefficient (Wildman–Crippen LogP) is 4.02. The van der Waals surface area contributed by atoms with E-state index < -0.39 is 11.7 Å². The van der Waals surface area contributed by atoms with Gasteiger partial charge in [0.2, 0.25) is 0 Å². The monoisotopic (exact) mass is 249 g/mol. The lowest BCUT2D eigenvalue weighted by molar-refractivity contribution is -0.136. The Morgan fingerprint density at radius 2 is 1.92 bits per heavy atom. The van der Waals surface area contributed by atoms with Crippen LogP contribution < -0.4 is 0 Å². The van der Waals surface area contributed by atoms with Crippen LogP contribution in [0.5, 0.6) is 0 Å². The Morgan fingerprint density at radius 3 is 2.38 bits per heavy atom. The van der Waals surface area contributed by atoms with E-state index in [2.05, 4.69) is 20.8 Å². The minimum atomic E-state index is -4.46. The van der Waals surface area contributed by atoms with Crippen LogP contribution in [-0.2, 0) is 6.18 Å². The van der Waals surface area contributed by atoms with E-state index in [1.165, 1.54) is 6.07 Å². The fourth-order valence-corrected chi connectivity index (χ4v) is 1.19. The van der Waals surface area contributed by atoms with Crippen LogP contribution in [0, 0.1) is 6.57 Å². The van der Waals surface area contributed by atoms with E-state index in [-0.39, 0.29) is 5.69 Å². The van der Waals surface area contributed by atoms with Crippen molar-refractivity contribution in [2.45, 2.75) is 6.18 Å². The van der Waals surface area contributed by atoms with Crippen molar-refractivity contribution >= 4 is 21.6 Å². The summed E-state index contributed by atoms with van der Waals surface area (Å²) in [5, 5.41) is 0. The second kappa shape index (κ2) is 3.38. The maximum absolute atomic E-state index is 12.2. The Labute approximate surface area is 81.1 Å². The molecule has 1 aromatic rings. The van der Waals surface area contributed by atoms with Gasteiger partial charge in [-0.1, -0.05) is 22.0 Å². The fraction of sp³-hybridized carbons (Fsp3) is 0.125. The second-order valence-corrected chi connectivity index (χ2v) is 3.19. The van der Waals surface area contributed by atoms with Crippen molar-refractivity contribution in [1.29, 1.82) is 0 Å². The normalized spacial score (nSPS) is 11.0. The average Bonchev–Trinajstić information content (AvgIpc) is 2.01. The third kappa shape index (κ3) is 2.22. The van der Waals surface area contributed by atoms with Crippen molar-refractivity contribution in [2.75, 3.05) is 0 Å². The lowest BCUT2D eigenvalue weighted by Crippen LogP contribution is -2.04. The van der Waals surface area contributed by atoms with Gasteiger partial charge in [-0.25, -0.2) is 4.85 Å². The van der Waals surface area contributed by atoms with Crippen molar-refractivity contribution in [1.82, 2.24) is 0 Å². The number of alkyl halides is 3. The zero-order chi connectivity index (χ0) is 10.1. The Balaban J connectivity index is 3.32. The summed E-state index contributed by atoms with van der Waals surface area (Å²) in [6, 6.07) is 3.30. The molecule has 68 valence electrons. The van der Waals surface area contributed by atoms with Gasteiger partial charge in [-0.15, -0.1) is 0 Å². The van der Waals surface area contributed by atoms with Gasteiger partial charge in [-0.2, -0.15) is 13.2 Å². The van der Waals surface area contributed by atoms with Crippen molar-refractivity contribution in [3.8, 4) is 0 Å². The molecule has 0 N–H and O–H groups in total. The molecule has 0 saturated carbocycles. The summed E-state index contributed by atoms with van der Waals surface area (Å²) in [6.45, 7) is 6.57. The molecule has 0 bridgehead atoms. The van der Waals surface area contributed by atoms with Crippen LogP contribution in [-0.4, -0.2) is 0 Å². The fourth-order valence-electron chi connectivity index (χ4n) is 0.837. The van der Waals surface area contributed by atoms with E-state index >= 15 is 0 Å². The van der Waals surface area contributed by atoms with Crippen molar-refractivity contribution in [2.24, 2.45) is 0 Å². The molecule has 0 heterocycles. The number of nitrogens with zero attached hydrogens (tertiary/aromatic N) is 1. The molecule has 1 rings (SSSR count). The lowest BCUT2D eigenvalue weighted by atomic mass is 10.2. The maximum Gasteiger partial charge on any atom is 0.407 e. The van der Waals surface area contributed by atoms with Crippen LogP contribution in [0.3, 0.4) is 0 Å². The van der Waals surface area contributed by atoms with Gasteiger partial charge in [0.15, 0.2) is 5.69 Å². The molecule has 0 fully saturated rings. The first-order valence-corrected chi connectivity index (χ1v) is 3.98. The number of benzene rings is 1. The Bertz CT molecular complexity index is 365. The summed E-state index contributed by atoms with van der Waals surface area (Å²) in [7, 11) is 0. The number of hydrogen-bond acceptors (Lipinski definition) is 0. The lowest BCUT2D eigenvalue weighted by Gasteiger charge is -2.08. The summed E-state index contributed by atoms with van der Waals surface area (Å²) < 4.78 is 37.1. The molecule has 0 saturated heterocycles. The molecular weight excluding hydrogens is 247 g/mol. The summed E-state index contributed by atoms with van der Waals surface area (Å²) in [6.07, 6.45) is -4.46. The van der Waals surface area contributed by atoms with Gasteiger partial charge in [0.25, 0.3) is 0 Å². The molecule has 0 aliphatic heterocycles. The topological polar surface area (TPSA) is 4.36 Å². The van der Waals surface area contributed by atoms with Gasteiger partial charge in [0.1, 0.15) is 0 Å². The summed E-state index contributed by atoms with van der Waals surface area (Å²) >= 11 is 2.99. The van der Waals surface area contributed by atoms with Gasteiger partial charge >= 0.3 is 6.18 Å². The Hall–Kier alpha value is -1.02. The van der Waals surface area contributed by atoms with E-state index in [0.717, 1.165) is 12.1 Å². The average molecular weight is 250 g/mol. The van der Waals surface area contributed by atoms with Crippen molar-refractivity contribution in [3.05, 3.63) is 39.7 Å². The zero-order valence-corrected chi connectivity index (χ0v) is 7.78. The third-order valence-electron chi connectivity index (χ3n) is 1.39. The molecule has 13 heavy (non-hydrogen) atoms. The summed E-state index contributed by atoms with van der Waals surface area (Å²) in [5.74, 6) is 0. The standard InChI is InChI=1S/C8H3BrF3N/c1-13-7-4-5(9)2-3-6(7)8(10,11)12/h2-4H. The first-order chi connectivity index (χ1) is 5.95. The molecule has 0 amide bonds. The highest BCUT2D eigenvalue weighted by atomic mass is 79.9. The summed E-state index contributed by atoms with van der Waals surface area (Å²) in [4.78, 5) is 2.80. The number of rotatable bonds is 0. The molecule has 0 aliphatic rings. The molecule has 0 aliphatic carbocycles. The van der Waals surface area contributed by atoms with E-state index in [0.29, 0.717) is 4.47 Å². The van der Waals surface area contributed by atoms with Crippen LogP contribution in [0.4, 0.5) is 18.9 Å². The van der Waals surface area contributed by atoms with Gasteiger partial charge < -0.3 is 0 Å². The third-order valence-corrected chi connectivity index (χ3v) is 1.88. The van der Waals surface area contributed by atoms with E-state index in [1.807, 2.05) is 0 Å². The Morgan fingerprint density at radius 1 is 1.31 bits per heavy atom. The maximum atomic E-state index is 12.2. The van der Waals surface area contributed by atoms with E-state index in [4.69, 9.17) is 6.57 Å². The molecule has 0 atom stereocenters. The van der Waals surface area contributed by atoms with E-state index in [1.54, 1.807) is 0 Å². The smallest absolute Gasteiger partial charge is 0.237 e. The first kappa shape index (κ1) is 10.1. The molecule has 0 unspecified atom stereocenters. The Kier molecular flexibility index (Phi) is 2.62. The van der Waals surface area contributed by atoms with Gasteiger partial charge in [0.05, 0.1) is 12.1 Å². The minimum Gasteiger partial charge on any atom is -0.237 e. The van der Waals surface area contributed by atoms with Crippen LogP contribution >= 0.6 is 15.9 Å². The molecule has 5 heteroatoms. The highest BCUT2D eigenvalue weighted by molar-refractivity contribution is 9.10. The highest BCUT2D eigenvalue weighted by Crippen LogP contribution is 2.37. The van der Waals surface area contributed by atoms with Crippen molar-refractivity contribution in [3.63, 3.8) is 0 Å². The molecule has 0 aromatic heterocycles. The van der Waals surface area contributed by atoms with Gasteiger partial charge in [0, 0.05) is 4.47 Å². The van der Waals surface area contributed by atoms with Gasteiger partial charge in [-0.3, -0.25) is 0 Å². The van der Waals surface area contributed by atoms with Crippen LogP contribution in [0.2, 0.25) is 0 Å². The van der Waals surface area contributed by atoms with Gasteiger partial charge in [-0.05, 0) is 12.1 Å². The van der Waals surface area contributed by atoms with Crippen molar-refractivity contribution < 1.29 is 13.2 Å². The minimum absolute atomic E-state index is 0.387. The van der Waals surface area contributed by atoms with E-state index in [9.17, 15) is 13.2 Å². The quantitative estimate of drug-likeness (QED) is 0.612. The molecule has 1 nitrogen and oxygen atoms in total. The molecule has 1 aromatic carbocycles. The molecule has 0 spiro atoms.